The number of rotatable bonds is 7. The van der Waals surface area contributed by atoms with Gasteiger partial charge in [-0.1, -0.05) is 12.1 Å². The second-order valence-electron chi connectivity index (χ2n) is 5.41. The van der Waals surface area contributed by atoms with Crippen molar-refractivity contribution in [2.45, 2.75) is 6.42 Å². The number of ether oxygens (including phenoxy) is 1. The van der Waals surface area contributed by atoms with Crippen molar-refractivity contribution in [3.8, 4) is 5.75 Å². The van der Waals surface area contributed by atoms with E-state index in [2.05, 4.69) is 15.1 Å². The molecule has 0 spiro atoms. The Morgan fingerprint density at radius 2 is 1.82 bits per heavy atom. The highest BCUT2D eigenvalue weighted by atomic mass is 16.5. The van der Waals surface area contributed by atoms with E-state index in [1.165, 1.54) is 0 Å². The van der Waals surface area contributed by atoms with E-state index < -0.39 is 0 Å². The molecule has 0 saturated carbocycles. The summed E-state index contributed by atoms with van der Waals surface area (Å²) in [6.45, 7) is 5.50. The van der Waals surface area contributed by atoms with Crippen LogP contribution in [0.2, 0.25) is 0 Å². The number of nitrogens with zero attached hydrogens (tertiary/aromatic N) is 2. The van der Waals surface area contributed by atoms with Gasteiger partial charge in [0.05, 0.1) is 19.4 Å². The molecule has 0 atom stereocenters. The van der Waals surface area contributed by atoms with Gasteiger partial charge in [-0.25, -0.2) is 0 Å². The SMILES string of the molecule is COc1ccccc1NC(=O)CCN1CCN(CCO)CC1. The zero-order valence-corrected chi connectivity index (χ0v) is 13.1. The number of amides is 1. The number of methoxy groups -OCH3 is 1. The van der Waals surface area contributed by atoms with Crippen molar-refractivity contribution in [2.75, 3.05) is 58.3 Å². The lowest BCUT2D eigenvalue weighted by Crippen LogP contribution is -2.47. The van der Waals surface area contributed by atoms with Gasteiger partial charge in [-0.05, 0) is 12.1 Å². The van der Waals surface area contributed by atoms with Gasteiger partial charge in [0.2, 0.25) is 5.91 Å². The number of benzene rings is 1. The Labute approximate surface area is 131 Å². The highest BCUT2D eigenvalue weighted by Gasteiger charge is 2.17. The summed E-state index contributed by atoms with van der Waals surface area (Å²) in [5.74, 6) is 0.677. The van der Waals surface area contributed by atoms with Gasteiger partial charge in [0.25, 0.3) is 0 Å². The summed E-state index contributed by atoms with van der Waals surface area (Å²) in [6.07, 6.45) is 0.470. The number of anilines is 1. The number of carbonyl (C=O) groups is 1. The molecule has 1 aliphatic rings. The van der Waals surface area contributed by atoms with Crippen LogP contribution in [0.4, 0.5) is 5.69 Å². The molecule has 0 aliphatic carbocycles. The van der Waals surface area contributed by atoms with Gasteiger partial charge in [0.1, 0.15) is 5.75 Å². The monoisotopic (exact) mass is 307 g/mol. The van der Waals surface area contributed by atoms with Crippen molar-refractivity contribution in [1.82, 2.24) is 9.80 Å². The molecule has 6 heteroatoms. The largest absolute Gasteiger partial charge is 0.495 e. The van der Waals surface area contributed by atoms with Crippen molar-refractivity contribution in [3.63, 3.8) is 0 Å². The number of β-amino-alcohol motifs (C(OH)–C–C–N with tert-alkyl or cyclic N) is 1. The number of aliphatic hydroxyl groups excluding tert-OH is 1. The van der Waals surface area contributed by atoms with E-state index in [9.17, 15) is 4.79 Å². The minimum absolute atomic E-state index is 0.00212. The summed E-state index contributed by atoms with van der Waals surface area (Å²) in [7, 11) is 1.59. The Hall–Kier alpha value is -1.63. The van der Waals surface area contributed by atoms with E-state index in [-0.39, 0.29) is 12.5 Å². The molecule has 1 aromatic carbocycles. The summed E-state index contributed by atoms with van der Waals surface area (Å²) < 4.78 is 5.22. The normalized spacial score (nSPS) is 16.5. The first kappa shape index (κ1) is 16.7. The summed E-state index contributed by atoms with van der Waals surface area (Å²) in [5.41, 5.74) is 0.711. The minimum Gasteiger partial charge on any atom is -0.495 e. The van der Waals surface area contributed by atoms with Gasteiger partial charge in [-0.15, -0.1) is 0 Å². The maximum Gasteiger partial charge on any atom is 0.225 e. The molecule has 1 saturated heterocycles. The first-order chi connectivity index (χ1) is 10.7. The molecule has 6 nitrogen and oxygen atoms in total. The van der Waals surface area contributed by atoms with Crippen LogP contribution >= 0.6 is 0 Å². The third-order valence-electron chi connectivity index (χ3n) is 3.92. The van der Waals surface area contributed by atoms with Gasteiger partial charge in [0.15, 0.2) is 0 Å². The summed E-state index contributed by atoms with van der Waals surface area (Å²) >= 11 is 0. The third kappa shape index (κ3) is 4.98. The first-order valence-electron chi connectivity index (χ1n) is 7.71. The fourth-order valence-corrected chi connectivity index (χ4v) is 2.60. The lowest BCUT2D eigenvalue weighted by molar-refractivity contribution is -0.116. The van der Waals surface area contributed by atoms with E-state index in [0.717, 1.165) is 39.3 Å². The van der Waals surface area contributed by atoms with Crippen molar-refractivity contribution in [2.24, 2.45) is 0 Å². The van der Waals surface area contributed by atoms with Crippen LogP contribution in [0.1, 0.15) is 6.42 Å². The van der Waals surface area contributed by atoms with Crippen molar-refractivity contribution >= 4 is 11.6 Å². The van der Waals surface area contributed by atoms with Crippen molar-refractivity contribution in [3.05, 3.63) is 24.3 Å². The van der Waals surface area contributed by atoms with Crippen molar-refractivity contribution < 1.29 is 14.6 Å². The Morgan fingerprint density at radius 3 is 2.45 bits per heavy atom. The van der Waals surface area contributed by atoms with Gasteiger partial charge < -0.3 is 20.1 Å². The topological polar surface area (TPSA) is 65.0 Å². The van der Waals surface area contributed by atoms with Crippen LogP contribution in [0.5, 0.6) is 5.75 Å². The fraction of sp³-hybridized carbons (Fsp3) is 0.562. The van der Waals surface area contributed by atoms with Crippen LogP contribution in [0.25, 0.3) is 0 Å². The quantitative estimate of drug-likeness (QED) is 0.774. The van der Waals surface area contributed by atoms with E-state index in [1.807, 2.05) is 24.3 Å². The zero-order valence-electron chi connectivity index (χ0n) is 13.1. The number of hydrogen-bond donors (Lipinski definition) is 2. The molecule has 2 N–H and O–H groups in total. The molecule has 22 heavy (non-hydrogen) atoms. The summed E-state index contributed by atoms with van der Waals surface area (Å²) in [4.78, 5) is 16.6. The van der Waals surface area contributed by atoms with Gasteiger partial charge in [-0.3, -0.25) is 9.69 Å². The second kappa shape index (κ2) is 8.73. The molecule has 1 aromatic rings. The van der Waals surface area contributed by atoms with Crippen LogP contribution in [0.15, 0.2) is 24.3 Å². The highest BCUT2D eigenvalue weighted by molar-refractivity contribution is 5.92. The van der Waals surface area contributed by atoms with E-state index in [4.69, 9.17) is 9.84 Å². The lowest BCUT2D eigenvalue weighted by atomic mass is 10.2. The Kier molecular flexibility index (Phi) is 6.64. The molecule has 0 radical (unpaired) electrons. The predicted molar refractivity (Wildman–Crippen MR) is 86.2 cm³/mol. The molecular formula is C16H25N3O3. The van der Waals surface area contributed by atoms with E-state index in [1.54, 1.807) is 7.11 Å². The van der Waals surface area contributed by atoms with Crippen LogP contribution in [-0.2, 0) is 4.79 Å². The molecule has 2 rings (SSSR count). The molecule has 1 aliphatic heterocycles. The number of para-hydroxylation sites is 2. The van der Waals surface area contributed by atoms with Gasteiger partial charge in [-0.2, -0.15) is 0 Å². The minimum atomic E-state index is 0.00212. The molecule has 0 bridgehead atoms. The predicted octanol–water partition coefficient (Wildman–Crippen LogP) is 0.634. The molecule has 0 unspecified atom stereocenters. The Morgan fingerprint density at radius 1 is 1.18 bits per heavy atom. The van der Waals surface area contributed by atoms with E-state index in [0.29, 0.717) is 17.9 Å². The summed E-state index contributed by atoms with van der Waals surface area (Å²) in [5, 5.41) is 11.8. The lowest BCUT2D eigenvalue weighted by Gasteiger charge is -2.34. The number of aliphatic hydroxyl groups is 1. The third-order valence-corrected chi connectivity index (χ3v) is 3.92. The zero-order chi connectivity index (χ0) is 15.8. The van der Waals surface area contributed by atoms with Crippen LogP contribution in [0, 0.1) is 0 Å². The molecule has 1 fully saturated rings. The average Bonchev–Trinajstić information content (AvgIpc) is 2.55. The fourth-order valence-electron chi connectivity index (χ4n) is 2.60. The molecule has 1 amide bonds. The maximum atomic E-state index is 12.1. The second-order valence-corrected chi connectivity index (χ2v) is 5.41. The molecule has 122 valence electrons. The summed E-state index contributed by atoms with van der Waals surface area (Å²) in [6, 6.07) is 7.42. The van der Waals surface area contributed by atoms with Crippen LogP contribution in [0.3, 0.4) is 0 Å². The standard InChI is InChI=1S/C16H25N3O3/c1-22-15-5-3-2-4-14(15)17-16(21)6-7-18-8-10-19(11-9-18)12-13-20/h2-5,20H,6-13H2,1H3,(H,17,21). The highest BCUT2D eigenvalue weighted by Crippen LogP contribution is 2.23. The van der Waals surface area contributed by atoms with Crippen LogP contribution < -0.4 is 10.1 Å². The van der Waals surface area contributed by atoms with Gasteiger partial charge in [0, 0.05) is 45.7 Å². The number of nitrogens with one attached hydrogen (secondary N) is 1. The average molecular weight is 307 g/mol. The van der Waals surface area contributed by atoms with Gasteiger partial charge >= 0.3 is 0 Å². The number of hydrogen-bond acceptors (Lipinski definition) is 5. The smallest absolute Gasteiger partial charge is 0.225 e. The Bertz CT molecular complexity index is 473. The van der Waals surface area contributed by atoms with Crippen molar-refractivity contribution in [1.29, 1.82) is 0 Å². The number of carbonyl (C=O) groups excluding carboxylic acids is 1. The maximum absolute atomic E-state index is 12.1. The van der Waals surface area contributed by atoms with Crippen LogP contribution in [-0.4, -0.2) is 73.8 Å². The Balaban J connectivity index is 1.72. The molecule has 1 heterocycles. The first-order valence-corrected chi connectivity index (χ1v) is 7.71. The molecular weight excluding hydrogens is 282 g/mol. The van der Waals surface area contributed by atoms with E-state index >= 15 is 0 Å². The number of piperazine rings is 1. The molecule has 0 aromatic heterocycles.